The van der Waals surface area contributed by atoms with Crippen LogP contribution >= 0.6 is 0 Å². The Morgan fingerprint density at radius 1 is 0.860 bits per heavy atom. The average molecular weight is 607 g/mol. The third-order valence-corrected chi connectivity index (χ3v) is 8.22. The molecule has 0 radical (unpaired) electrons. The van der Waals surface area contributed by atoms with Crippen molar-refractivity contribution in [3.05, 3.63) is 95.6 Å². The summed E-state index contributed by atoms with van der Waals surface area (Å²) in [5, 5.41) is 12.9. The van der Waals surface area contributed by atoms with Gasteiger partial charge in [-0.05, 0) is 42.0 Å². The Bertz CT molecular complexity index is 1510. The number of benzene rings is 3. The first kappa shape index (κ1) is 33.0. The molecule has 228 valence electrons. The second-order valence-electron chi connectivity index (χ2n) is 10.1. The molecule has 2 atom stereocenters. The molecule has 0 aliphatic rings. The average Bonchev–Trinajstić information content (AvgIpc) is 2.98. The van der Waals surface area contributed by atoms with Crippen LogP contribution in [0, 0.1) is 5.41 Å². The van der Waals surface area contributed by atoms with Gasteiger partial charge in [-0.1, -0.05) is 78.9 Å². The van der Waals surface area contributed by atoms with Crippen LogP contribution in [0.2, 0.25) is 0 Å². The molecule has 0 spiro atoms. The molecule has 0 bridgehead atoms. The zero-order valence-corrected chi connectivity index (χ0v) is 24.8. The minimum atomic E-state index is -3.64. The van der Waals surface area contributed by atoms with Gasteiger partial charge in [0.2, 0.25) is 27.7 Å². The summed E-state index contributed by atoms with van der Waals surface area (Å²) in [4.78, 5) is 37.6. The van der Waals surface area contributed by atoms with Crippen LogP contribution < -0.4 is 26.8 Å². The van der Waals surface area contributed by atoms with Crippen LogP contribution in [0.25, 0.3) is 11.1 Å². The van der Waals surface area contributed by atoms with Crippen molar-refractivity contribution in [3.63, 3.8) is 0 Å². The molecule has 0 heterocycles. The maximum absolute atomic E-state index is 13.1. The lowest BCUT2D eigenvalue weighted by Gasteiger charge is -2.22. The molecule has 11 nitrogen and oxygen atoms in total. The van der Waals surface area contributed by atoms with Crippen molar-refractivity contribution >= 4 is 33.6 Å². The van der Waals surface area contributed by atoms with Gasteiger partial charge in [0.15, 0.2) is 0 Å². The van der Waals surface area contributed by atoms with Crippen molar-refractivity contribution in [2.24, 2.45) is 11.5 Å². The van der Waals surface area contributed by atoms with E-state index in [0.717, 1.165) is 22.3 Å². The predicted octanol–water partition coefficient (Wildman–Crippen LogP) is 1.94. The fraction of sp³-hybridized carbons (Fsp3) is 0.290. The lowest BCUT2D eigenvalue weighted by Crippen LogP contribution is -2.49. The fourth-order valence-corrected chi connectivity index (χ4v) is 5.23. The van der Waals surface area contributed by atoms with E-state index in [1.807, 2.05) is 54.6 Å². The molecule has 3 aromatic rings. The normalized spacial score (nSPS) is 12.6. The minimum Gasteiger partial charge on any atom is -0.384 e. The second kappa shape index (κ2) is 15.6. The number of carbonyl (C=O) groups excluding carboxylic acids is 3. The topological polar surface area (TPSA) is 197 Å². The van der Waals surface area contributed by atoms with Crippen molar-refractivity contribution in [3.8, 4) is 11.1 Å². The second-order valence-corrected chi connectivity index (χ2v) is 12.2. The van der Waals surface area contributed by atoms with Crippen molar-refractivity contribution < 1.29 is 22.8 Å². The fourth-order valence-electron chi connectivity index (χ4n) is 4.39. The van der Waals surface area contributed by atoms with Gasteiger partial charge in [-0.3, -0.25) is 19.8 Å². The van der Waals surface area contributed by atoms with Crippen molar-refractivity contribution in [2.45, 2.75) is 51.2 Å². The highest BCUT2D eigenvalue weighted by atomic mass is 32.2. The van der Waals surface area contributed by atoms with Crippen LogP contribution in [-0.4, -0.2) is 49.8 Å². The van der Waals surface area contributed by atoms with Crippen LogP contribution in [0.15, 0.2) is 78.9 Å². The van der Waals surface area contributed by atoms with Crippen molar-refractivity contribution in [2.75, 3.05) is 5.75 Å². The van der Waals surface area contributed by atoms with Crippen LogP contribution in [-0.2, 0) is 37.4 Å². The van der Waals surface area contributed by atoms with Gasteiger partial charge >= 0.3 is 0 Å². The molecule has 8 N–H and O–H groups in total. The van der Waals surface area contributed by atoms with Gasteiger partial charge in [-0.15, -0.1) is 0 Å². The Morgan fingerprint density at radius 2 is 1.47 bits per heavy atom. The molecule has 0 aliphatic carbocycles. The van der Waals surface area contributed by atoms with Crippen LogP contribution in [0.5, 0.6) is 0 Å². The Hall–Kier alpha value is -4.55. The van der Waals surface area contributed by atoms with Gasteiger partial charge in [0.1, 0.15) is 11.9 Å². The molecular formula is C31H38N6O5S. The van der Waals surface area contributed by atoms with E-state index < -0.39 is 39.8 Å². The number of sulfonamides is 1. The van der Waals surface area contributed by atoms with Gasteiger partial charge in [-0.2, -0.15) is 0 Å². The van der Waals surface area contributed by atoms with E-state index >= 15 is 0 Å². The third-order valence-electron chi connectivity index (χ3n) is 6.76. The van der Waals surface area contributed by atoms with E-state index in [-0.39, 0.29) is 43.8 Å². The van der Waals surface area contributed by atoms with Gasteiger partial charge in [0.05, 0.1) is 5.75 Å². The smallest absolute Gasteiger partial charge is 0.242 e. The summed E-state index contributed by atoms with van der Waals surface area (Å²) in [5.74, 6) is -1.93. The van der Waals surface area contributed by atoms with Gasteiger partial charge in [0.25, 0.3) is 0 Å². The van der Waals surface area contributed by atoms with E-state index in [2.05, 4.69) is 15.4 Å². The monoisotopic (exact) mass is 606 g/mol. The van der Waals surface area contributed by atoms with E-state index in [1.165, 1.54) is 6.92 Å². The lowest BCUT2D eigenvalue weighted by atomic mass is 9.99. The summed E-state index contributed by atoms with van der Waals surface area (Å²) in [5.41, 5.74) is 14.9. The molecule has 0 fully saturated rings. The highest BCUT2D eigenvalue weighted by Crippen LogP contribution is 2.20. The minimum absolute atomic E-state index is 0.0253. The summed E-state index contributed by atoms with van der Waals surface area (Å²) < 4.78 is 27.5. The molecule has 3 amide bonds. The standard InChI is InChI=1S/C31H38N6O5S/c1-2-43(41,42)37-26(18-21-8-12-24(13-9-21)23-6-4-3-5-7-23)19-29(39)36-27(16-17-28(32)38)31(40)35-20-22-10-14-25(15-11-22)30(33)34/h3-15,26-27,37H,2,16-20H2,1H3,(H2,32,38)(H3,33,34)(H,35,40)(H,36,39). The Morgan fingerprint density at radius 3 is 2.05 bits per heavy atom. The van der Waals surface area contributed by atoms with E-state index in [0.29, 0.717) is 5.56 Å². The largest absolute Gasteiger partial charge is 0.384 e. The SMILES string of the molecule is CCS(=O)(=O)NC(CC(=O)NC(CCC(N)=O)C(=O)NCc1ccc(C(=N)N)cc1)Cc1ccc(-c2ccccc2)cc1. The third kappa shape index (κ3) is 11.0. The highest BCUT2D eigenvalue weighted by Gasteiger charge is 2.25. The molecule has 12 heteroatoms. The lowest BCUT2D eigenvalue weighted by molar-refractivity contribution is -0.130. The van der Waals surface area contributed by atoms with Crippen molar-refractivity contribution in [1.82, 2.24) is 15.4 Å². The molecule has 43 heavy (non-hydrogen) atoms. The zero-order chi connectivity index (χ0) is 31.4. The van der Waals surface area contributed by atoms with Gasteiger partial charge in [-0.25, -0.2) is 13.1 Å². The van der Waals surface area contributed by atoms with E-state index in [1.54, 1.807) is 24.3 Å². The maximum atomic E-state index is 13.1. The summed E-state index contributed by atoms with van der Waals surface area (Å²) >= 11 is 0. The molecule has 2 unspecified atom stereocenters. The van der Waals surface area contributed by atoms with Crippen LogP contribution in [0.1, 0.15) is 42.9 Å². The number of amidine groups is 1. The summed E-state index contributed by atoms with van der Waals surface area (Å²) in [7, 11) is -3.64. The first-order valence-electron chi connectivity index (χ1n) is 13.9. The summed E-state index contributed by atoms with van der Waals surface area (Å²) in [6.45, 7) is 1.64. The number of nitrogens with two attached hydrogens (primary N) is 2. The number of nitrogen functional groups attached to an aromatic ring is 1. The number of nitrogens with one attached hydrogen (secondary N) is 4. The quantitative estimate of drug-likeness (QED) is 0.106. The molecular weight excluding hydrogens is 568 g/mol. The number of hydrogen-bond acceptors (Lipinski definition) is 6. The zero-order valence-electron chi connectivity index (χ0n) is 24.0. The summed E-state index contributed by atoms with van der Waals surface area (Å²) in [6.07, 6.45) is -0.142. The van der Waals surface area contributed by atoms with Gasteiger partial charge in [0, 0.05) is 31.0 Å². The number of rotatable bonds is 16. The van der Waals surface area contributed by atoms with Gasteiger partial charge < -0.3 is 22.1 Å². The maximum Gasteiger partial charge on any atom is 0.242 e. The molecule has 0 aliphatic heterocycles. The van der Waals surface area contributed by atoms with E-state index in [9.17, 15) is 22.8 Å². The first-order valence-corrected chi connectivity index (χ1v) is 15.5. The number of primary amides is 1. The number of amides is 3. The molecule has 0 saturated heterocycles. The highest BCUT2D eigenvalue weighted by molar-refractivity contribution is 7.89. The Balaban J connectivity index is 1.68. The summed E-state index contributed by atoms with van der Waals surface area (Å²) in [6, 6.07) is 22.4. The Kier molecular flexibility index (Phi) is 12.0. The van der Waals surface area contributed by atoms with Crippen LogP contribution in [0.4, 0.5) is 0 Å². The number of hydrogen-bond donors (Lipinski definition) is 6. The molecule has 3 aromatic carbocycles. The van der Waals surface area contributed by atoms with Crippen LogP contribution in [0.3, 0.4) is 0 Å². The van der Waals surface area contributed by atoms with E-state index in [4.69, 9.17) is 16.9 Å². The number of carbonyl (C=O) groups is 3. The van der Waals surface area contributed by atoms with Crippen molar-refractivity contribution in [1.29, 1.82) is 5.41 Å². The molecule has 0 aromatic heterocycles. The molecule has 3 rings (SSSR count). The predicted molar refractivity (Wildman–Crippen MR) is 166 cm³/mol. The Labute approximate surface area is 252 Å². The molecule has 0 saturated carbocycles. The first-order chi connectivity index (χ1) is 20.5.